The Morgan fingerprint density at radius 3 is 2.76 bits per heavy atom. The highest BCUT2D eigenvalue weighted by atomic mass is 32.1. The van der Waals surface area contributed by atoms with Crippen molar-refractivity contribution in [2.45, 2.75) is 25.8 Å². The molecule has 1 fully saturated rings. The van der Waals surface area contributed by atoms with E-state index in [4.69, 9.17) is 14.7 Å². The first kappa shape index (κ1) is 21.4. The number of nitrogens with zero attached hydrogens (tertiary/aromatic N) is 5. The van der Waals surface area contributed by atoms with Crippen molar-refractivity contribution in [2.75, 3.05) is 32.1 Å². The molecule has 0 radical (unpaired) electrons. The standard InChI is InChI=1S/C24H26N6O2S/c1-32-18-8-6-17(7-9-18)10-11-25-23-21-24(28-22(27-23)19-4-3-15-33-19)30(16-26-21)14-13-29-12-2-5-20(29)31/h3-4,6-9,15-16H,2,5,10-14H2,1H3,(H,25,27,28). The number of methoxy groups -OCH3 is 1. The number of benzene rings is 1. The summed E-state index contributed by atoms with van der Waals surface area (Å²) in [6.45, 7) is 2.88. The zero-order chi connectivity index (χ0) is 22.6. The van der Waals surface area contributed by atoms with Crippen LogP contribution in [-0.4, -0.2) is 57.1 Å². The van der Waals surface area contributed by atoms with Gasteiger partial charge in [-0.25, -0.2) is 15.0 Å². The van der Waals surface area contributed by atoms with Gasteiger partial charge < -0.3 is 19.5 Å². The van der Waals surface area contributed by atoms with Gasteiger partial charge in [0.1, 0.15) is 11.3 Å². The summed E-state index contributed by atoms with van der Waals surface area (Å²) in [4.78, 5) is 29.2. The molecule has 1 saturated heterocycles. The van der Waals surface area contributed by atoms with Crippen LogP contribution in [0.3, 0.4) is 0 Å². The number of carbonyl (C=O) groups is 1. The largest absolute Gasteiger partial charge is 0.497 e. The number of carbonyl (C=O) groups excluding carboxylic acids is 1. The fourth-order valence-electron chi connectivity index (χ4n) is 4.03. The summed E-state index contributed by atoms with van der Waals surface area (Å²) in [5.74, 6) is 2.50. The lowest BCUT2D eigenvalue weighted by atomic mass is 10.1. The first-order valence-electron chi connectivity index (χ1n) is 11.1. The van der Waals surface area contributed by atoms with Gasteiger partial charge in [0.2, 0.25) is 5.91 Å². The molecule has 1 N–H and O–H groups in total. The third-order valence-corrected chi connectivity index (χ3v) is 6.72. The smallest absolute Gasteiger partial charge is 0.222 e. The zero-order valence-electron chi connectivity index (χ0n) is 18.5. The van der Waals surface area contributed by atoms with Crippen LogP contribution in [0.2, 0.25) is 0 Å². The number of hydrogen-bond acceptors (Lipinski definition) is 7. The third-order valence-electron chi connectivity index (χ3n) is 5.85. The number of amides is 1. The van der Waals surface area contributed by atoms with Crippen LogP contribution in [0, 0.1) is 0 Å². The Bertz CT molecular complexity index is 1240. The second kappa shape index (κ2) is 9.58. The van der Waals surface area contributed by atoms with Crippen LogP contribution in [0.1, 0.15) is 18.4 Å². The third kappa shape index (κ3) is 4.68. The lowest BCUT2D eigenvalue weighted by Gasteiger charge is -2.16. The van der Waals surface area contributed by atoms with Crippen LogP contribution < -0.4 is 10.1 Å². The Kier molecular flexibility index (Phi) is 6.21. The van der Waals surface area contributed by atoms with Crippen molar-refractivity contribution in [3.63, 3.8) is 0 Å². The minimum absolute atomic E-state index is 0.231. The van der Waals surface area contributed by atoms with E-state index in [1.54, 1.807) is 24.8 Å². The van der Waals surface area contributed by atoms with E-state index >= 15 is 0 Å². The quantitative estimate of drug-likeness (QED) is 0.407. The second-order valence-electron chi connectivity index (χ2n) is 7.99. The van der Waals surface area contributed by atoms with E-state index in [1.165, 1.54) is 5.56 Å². The maximum atomic E-state index is 12.0. The first-order chi connectivity index (χ1) is 16.2. The number of hydrogen-bond donors (Lipinski definition) is 1. The van der Waals surface area contributed by atoms with Gasteiger partial charge in [0.25, 0.3) is 0 Å². The highest BCUT2D eigenvalue weighted by Gasteiger charge is 2.21. The summed E-state index contributed by atoms with van der Waals surface area (Å²) < 4.78 is 7.26. The fourth-order valence-corrected chi connectivity index (χ4v) is 4.69. The highest BCUT2D eigenvalue weighted by molar-refractivity contribution is 7.13. The van der Waals surface area contributed by atoms with Crippen molar-refractivity contribution in [2.24, 2.45) is 0 Å². The molecule has 33 heavy (non-hydrogen) atoms. The number of rotatable bonds is 9. The predicted molar refractivity (Wildman–Crippen MR) is 130 cm³/mol. The number of fused-ring (bicyclic) bond motifs is 1. The summed E-state index contributed by atoms with van der Waals surface area (Å²) in [7, 11) is 1.67. The van der Waals surface area contributed by atoms with Crippen LogP contribution in [-0.2, 0) is 17.8 Å². The Morgan fingerprint density at radius 2 is 2.03 bits per heavy atom. The molecular weight excluding hydrogens is 436 g/mol. The van der Waals surface area contributed by atoms with E-state index in [1.807, 2.05) is 39.1 Å². The van der Waals surface area contributed by atoms with Gasteiger partial charge in [-0.15, -0.1) is 11.3 Å². The van der Waals surface area contributed by atoms with Gasteiger partial charge in [0.15, 0.2) is 17.3 Å². The van der Waals surface area contributed by atoms with Gasteiger partial charge in [0, 0.05) is 32.6 Å². The van der Waals surface area contributed by atoms with Gasteiger partial charge in [-0.05, 0) is 42.0 Å². The van der Waals surface area contributed by atoms with Gasteiger partial charge in [-0.2, -0.15) is 0 Å². The molecule has 0 atom stereocenters. The van der Waals surface area contributed by atoms with Gasteiger partial charge in [-0.3, -0.25) is 4.79 Å². The van der Waals surface area contributed by atoms with Crippen molar-refractivity contribution >= 4 is 34.2 Å². The van der Waals surface area contributed by atoms with E-state index in [0.717, 1.165) is 53.5 Å². The predicted octanol–water partition coefficient (Wildman–Crippen LogP) is 3.84. The number of likely N-dealkylation sites (tertiary alicyclic amines) is 1. The Balaban J connectivity index is 1.37. The molecular formula is C24H26N6O2S. The monoisotopic (exact) mass is 462 g/mol. The SMILES string of the molecule is COc1ccc(CCNc2nc(-c3cccs3)nc3c2ncn3CCN2CCCC2=O)cc1. The lowest BCUT2D eigenvalue weighted by Crippen LogP contribution is -2.28. The van der Waals surface area contributed by atoms with Crippen molar-refractivity contribution < 1.29 is 9.53 Å². The van der Waals surface area contributed by atoms with Gasteiger partial charge in [-0.1, -0.05) is 18.2 Å². The van der Waals surface area contributed by atoms with E-state index in [9.17, 15) is 4.79 Å². The maximum Gasteiger partial charge on any atom is 0.222 e. The molecule has 5 rings (SSSR count). The minimum Gasteiger partial charge on any atom is -0.497 e. The van der Waals surface area contributed by atoms with E-state index in [-0.39, 0.29) is 5.91 Å². The van der Waals surface area contributed by atoms with E-state index in [2.05, 4.69) is 22.4 Å². The van der Waals surface area contributed by atoms with Crippen LogP contribution >= 0.6 is 11.3 Å². The molecule has 1 aliphatic heterocycles. The average molecular weight is 463 g/mol. The summed E-state index contributed by atoms with van der Waals surface area (Å²) >= 11 is 1.61. The molecule has 1 aliphatic rings. The van der Waals surface area contributed by atoms with E-state index in [0.29, 0.717) is 25.3 Å². The molecule has 1 aromatic carbocycles. The number of nitrogens with one attached hydrogen (secondary N) is 1. The molecule has 0 aliphatic carbocycles. The van der Waals surface area contributed by atoms with Gasteiger partial charge >= 0.3 is 0 Å². The Morgan fingerprint density at radius 1 is 1.15 bits per heavy atom. The normalized spacial score (nSPS) is 13.7. The topological polar surface area (TPSA) is 85.2 Å². The van der Waals surface area contributed by atoms with Crippen molar-refractivity contribution in [1.29, 1.82) is 0 Å². The van der Waals surface area contributed by atoms with Crippen molar-refractivity contribution in [3.8, 4) is 16.5 Å². The molecule has 3 aromatic heterocycles. The number of aromatic nitrogens is 4. The summed E-state index contributed by atoms with van der Waals surface area (Å²) in [5, 5.41) is 5.49. The number of thiophene rings is 1. The molecule has 4 aromatic rings. The molecule has 0 saturated carbocycles. The van der Waals surface area contributed by atoms with Gasteiger partial charge in [0.05, 0.1) is 18.3 Å². The van der Waals surface area contributed by atoms with Crippen LogP contribution in [0.15, 0.2) is 48.1 Å². The lowest BCUT2D eigenvalue weighted by molar-refractivity contribution is -0.127. The van der Waals surface area contributed by atoms with Crippen molar-refractivity contribution in [3.05, 3.63) is 53.7 Å². The molecule has 0 unspecified atom stereocenters. The van der Waals surface area contributed by atoms with E-state index < -0.39 is 0 Å². The molecule has 0 bridgehead atoms. The maximum absolute atomic E-state index is 12.0. The molecule has 9 heteroatoms. The van der Waals surface area contributed by atoms with Crippen molar-refractivity contribution in [1.82, 2.24) is 24.4 Å². The second-order valence-corrected chi connectivity index (χ2v) is 8.94. The molecule has 8 nitrogen and oxygen atoms in total. The molecule has 1 amide bonds. The number of anilines is 1. The minimum atomic E-state index is 0.231. The van der Waals surface area contributed by atoms with Crippen LogP contribution in [0.5, 0.6) is 5.75 Å². The molecule has 170 valence electrons. The number of ether oxygens (including phenoxy) is 1. The zero-order valence-corrected chi connectivity index (χ0v) is 19.3. The highest BCUT2D eigenvalue weighted by Crippen LogP contribution is 2.27. The average Bonchev–Trinajstić information content (AvgIpc) is 3.59. The summed E-state index contributed by atoms with van der Waals surface area (Å²) in [5.41, 5.74) is 2.75. The Labute approximate surface area is 196 Å². The van der Waals surface area contributed by atoms with Crippen LogP contribution in [0.4, 0.5) is 5.82 Å². The fraction of sp³-hybridized carbons (Fsp3) is 0.333. The Hall–Kier alpha value is -3.46. The summed E-state index contributed by atoms with van der Waals surface area (Å²) in [6, 6.07) is 12.1. The summed E-state index contributed by atoms with van der Waals surface area (Å²) in [6.07, 6.45) is 4.24. The molecule has 4 heterocycles. The van der Waals surface area contributed by atoms with Crippen LogP contribution in [0.25, 0.3) is 21.9 Å². The number of imidazole rings is 1. The first-order valence-corrected chi connectivity index (χ1v) is 12.0. The molecule has 0 spiro atoms.